The number of imidazole rings is 1. The van der Waals surface area contributed by atoms with Gasteiger partial charge in [0.15, 0.2) is 4.96 Å². The summed E-state index contributed by atoms with van der Waals surface area (Å²) in [6, 6.07) is 19.3. The molecule has 0 spiro atoms. The molecule has 0 aliphatic rings. The van der Waals surface area contributed by atoms with Crippen LogP contribution in [-0.4, -0.2) is 9.38 Å². The number of ether oxygens (including phenoxy) is 1. The fourth-order valence-corrected chi connectivity index (χ4v) is 4.73. The van der Waals surface area contributed by atoms with Gasteiger partial charge in [0.1, 0.15) is 12.4 Å². The summed E-state index contributed by atoms with van der Waals surface area (Å²) in [7, 11) is 0. The molecule has 0 unspecified atom stereocenters. The van der Waals surface area contributed by atoms with Gasteiger partial charge in [-0.05, 0) is 55.3 Å². The van der Waals surface area contributed by atoms with Crippen LogP contribution in [0.2, 0.25) is 5.02 Å². The number of aryl methyl sites for hydroxylation is 2. The summed E-state index contributed by atoms with van der Waals surface area (Å²) in [5, 5.41) is 0.669. The van der Waals surface area contributed by atoms with Gasteiger partial charge in [0.05, 0.1) is 15.6 Å². The lowest BCUT2D eigenvalue weighted by Crippen LogP contribution is -2.22. The van der Waals surface area contributed by atoms with Gasteiger partial charge in [-0.2, -0.15) is 0 Å². The molecule has 0 saturated heterocycles. The molecule has 0 amide bonds. The third kappa shape index (κ3) is 3.60. The first kappa shape index (κ1) is 19.8. The number of aromatic nitrogens is 2. The number of fused-ring (bicyclic) bond motifs is 3. The van der Waals surface area contributed by atoms with E-state index in [0.29, 0.717) is 26.9 Å². The summed E-state index contributed by atoms with van der Waals surface area (Å²) in [6.45, 7) is 4.45. The van der Waals surface area contributed by atoms with Gasteiger partial charge in [-0.25, -0.2) is 9.38 Å². The Morgan fingerprint density at radius 2 is 1.81 bits per heavy atom. The molecular weight excluding hydrogens is 428 g/mol. The van der Waals surface area contributed by atoms with Crippen molar-refractivity contribution in [2.75, 3.05) is 0 Å². The number of benzene rings is 3. The number of hydrogen-bond donors (Lipinski definition) is 0. The highest BCUT2D eigenvalue weighted by Gasteiger charge is 2.13. The standard InChI is InChI=1S/C25H19ClN2O2S/c1-15-11-20-21(12-16(15)2)28-24(29)23(31-25(28)27-20)13-17-7-4-6-10-22(17)30-14-18-8-3-5-9-19(18)26/h3-13H,14H2,1-2H3/b23-13-. The summed E-state index contributed by atoms with van der Waals surface area (Å²) in [6.07, 6.45) is 1.87. The number of nitrogens with zero attached hydrogens (tertiary/aromatic N) is 2. The van der Waals surface area contributed by atoms with Crippen molar-refractivity contribution in [2.24, 2.45) is 0 Å². The predicted molar refractivity (Wildman–Crippen MR) is 127 cm³/mol. The first-order valence-electron chi connectivity index (χ1n) is 9.90. The van der Waals surface area contributed by atoms with Gasteiger partial charge in [-0.15, -0.1) is 0 Å². The SMILES string of the molecule is Cc1cc2nc3s/c(=C\c4ccccc4OCc4ccccc4Cl)c(=O)n3c2cc1C. The van der Waals surface area contributed by atoms with Gasteiger partial charge in [0, 0.05) is 16.1 Å². The molecule has 0 radical (unpaired) electrons. The van der Waals surface area contributed by atoms with Crippen molar-refractivity contribution in [1.29, 1.82) is 0 Å². The fourth-order valence-electron chi connectivity index (χ4n) is 3.56. The van der Waals surface area contributed by atoms with Gasteiger partial charge in [-0.3, -0.25) is 4.79 Å². The average Bonchev–Trinajstić information content (AvgIpc) is 3.24. The lowest BCUT2D eigenvalue weighted by molar-refractivity contribution is 0.305. The molecule has 5 aromatic rings. The van der Waals surface area contributed by atoms with E-state index in [4.69, 9.17) is 16.3 Å². The molecule has 154 valence electrons. The van der Waals surface area contributed by atoms with Crippen molar-refractivity contribution >= 4 is 45.0 Å². The largest absolute Gasteiger partial charge is 0.488 e. The summed E-state index contributed by atoms with van der Waals surface area (Å²) < 4.78 is 8.36. The summed E-state index contributed by atoms with van der Waals surface area (Å²) in [5.41, 5.74) is 5.70. The average molecular weight is 447 g/mol. The summed E-state index contributed by atoms with van der Waals surface area (Å²) in [4.78, 5) is 18.5. The number of halogens is 1. The molecule has 0 atom stereocenters. The second kappa shape index (κ2) is 7.84. The van der Waals surface area contributed by atoms with E-state index in [-0.39, 0.29) is 5.56 Å². The molecule has 0 aliphatic carbocycles. The van der Waals surface area contributed by atoms with E-state index in [0.717, 1.165) is 27.7 Å². The lowest BCUT2D eigenvalue weighted by Gasteiger charge is -2.10. The van der Waals surface area contributed by atoms with Gasteiger partial charge < -0.3 is 4.74 Å². The van der Waals surface area contributed by atoms with Crippen molar-refractivity contribution < 1.29 is 4.74 Å². The first-order chi connectivity index (χ1) is 15.0. The first-order valence-corrected chi connectivity index (χ1v) is 11.1. The van der Waals surface area contributed by atoms with Gasteiger partial charge in [0.25, 0.3) is 5.56 Å². The molecule has 0 bridgehead atoms. The molecule has 0 N–H and O–H groups in total. The number of para-hydroxylation sites is 1. The Kier molecular flexibility index (Phi) is 5.00. The van der Waals surface area contributed by atoms with Crippen LogP contribution in [0.1, 0.15) is 22.3 Å². The second-order valence-corrected chi connectivity index (χ2v) is 8.90. The van der Waals surface area contributed by atoms with E-state index in [1.165, 1.54) is 16.9 Å². The molecule has 0 fully saturated rings. The van der Waals surface area contributed by atoms with E-state index in [9.17, 15) is 4.79 Å². The third-order valence-corrected chi connectivity index (χ3v) is 6.74. The Hall–Kier alpha value is -3.15. The minimum absolute atomic E-state index is 0.0633. The Morgan fingerprint density at radius 3 is 2.65 bits per heavy atom. The smallest absolute Gasteiger partial charge is 0.274 e. The van der Waals surface area contributed by atoms with Crippen molar-refractivity contribution in [2.45, 2.75) is 20.5 Å². The molecule has 2 heterocycles. The van der Waals surface area contributed by atoms with E-state index in [2.05, 4.69) is 11.9 Å². The minimum atomic E-state index is -0.0633. The molecule has 31 heavy (non-hydrogen) atoms. The maximum atomic E-state index is 13.2. The van der Waals surface area contributed by atoms with Crippen molar-refractivity contribution in [1.82, 2.24) is 9.38 Å². The molecule has 4 nitrogen and oxygen atoms in total. The third-order valence-electron chi connectivity index (χ3n) is 5.40. The normalized spacial score (nSPS) is 12.2. The van der Waals surface area contributed by atoms with E-state index in [1.54, 1.807) is 4.40 Å². The maximum absolute atomic E-state index is 13.2. The van der Waals surface area contributed by atoms with Crippen molar-refractivity contribution in [3.05, 3.63) is 103 Å². The quantitative estimate of drug-likeness (QED) is 0.376. The Labute approximate surface area is 188 Å². The van der Waals surface area contributed by atoms with Crippen LogP contribution in [0, 0.1) is 13.8 Å². The zero-order chi connectivity index (χ0) is 21.5. The van der Waals surface area contributed by atoms with Crippen LogP contribution in [-0.2, 0) is 6.61 Å². The van der Waals surface area contributed by atoms with Crippen LogP contribution < -0.4 is 14.8 Å². The van der Waals surface area contributed by atoms with E-state index < -0.39 is 0 Å². The van der Waals surface area contributed by atoms with Crippen LogP contribution in [0.15, 0.2) is 65.5 Å². The van der Waals surface area contributed by atoms with Gasteiger partial charge in [0.2, 0.25) is 0 Å². The van der Waals surface area contributed by atoms with Crippen molar-refractivity contribution in [3.8, 4) is 5.75 Å². The van der Waals surface area contributed by atoms with Crippen LogP contribution in [0.5, 0.6) is 5.75 Å². The highest BCUT2D eigenvalue weighted by atomic mass is 35.5. The molecule has 2 aromatic heterocycles. The molecule has 6 heteroatoms. The molecule has 3 aromatic carbocycles. The van der Waals surface area contributed by atoms with Gasteiger partial charge >= 0.3 is 0 Å². The number of rotatable bonds is 4. The Bertz CT molecular complexity index is 1550. The van der Waals surface area contributed by atoms with Crippen LogP contribution in [0.25, 0.3) is 22.1 Å². The lowest BCUT2D eigenvalue weighted by atomic mass is 10.1. The monoisotopic (exact) mass is 446 g/mol. The summed E-state index contributed by atoms with van der Waals surface area (Å²) >= 11 is 7.63. The second-order valence-electron chi connectivity index (χ2n) is 7.49. The van der Waals surface area contributed by atoms with Crippen LogP contribution in [0.4, 0.5) is 0 Å². The molecular formula is C25H19ClN2O2S. The predicted octanol–water partition coefficient (Wildman–Crippen LogP) is 5.31. The fraction of sp³-hybridized carbons (Fsp3) is 0.120. The maximum Gasteiger partial charge on any atom is 0.274 e. The highest BCUT2D eigenvalue weighted by Crippen LogP contribution is 2.24. The van der Waals surface area contributed by atoms with Crippen molar-refractivity contribution in [3.63, 3.8) is 0 Å². The van der Waals surface area contributed by atoms with Gasteiger partial charge in [-0.1, -0.05) is 59.3 Å². The minimum Gasteiger partial charge on any atom is -0.488 e. The zero-order valence-corrected chi connectivity index (χ0v) is 18.6. The molecule has 0 saturated carbocycles. The molecule has 5 rings (SSSR count). The summed E-state index contributed by atoms with van der Waals surface area (Å²) in [5.74, 6) is 0.698. The topological polar surface area (TPSA) is 43.6 Å². The van der Waals surface area contributed by atoms with E-state index in [1.807, 2.05) is 73.7 Å². The van der Waals surface area contributed by atoms with Crippen LogP contribution in [0.3, 0.4) is 0 Å². The Morgan fingerprint density at radius 1 is 1.06 bits per heavy atom. The highest BCUT2D eigenvalue weighted by molar-refractivity contribution is 7.15. The van der Waals surface area contributed by atoms with E-state index >= 15 is 0 Å². The zero-order valence-electron chi connectivity index (χ0n) is 17.1. The number of hydrogen-bond acceptors (Lipinski definition) is 4. The van der Waals surface area contributed by atoms with Crippen LogP contribution >= 0.6 is 22.9 Å². The number of thiazole rings is 1. The Balaban J connectivity index is 1.57. The molecule has 0 aliphatic heterocycles.